The highest BCUT2D eigenvalue weighted by Gasteiger charge is 2.45. The quantitative estimate of drug-likeness (QED) is 0.358. The third-order valence-corrected chi connectivity index (χ3v) is 6.71. The van der Waals surface area contributed by atoms with E-state index in [1.807, 2.05) is 24.0 Å². The molecule has 2 aromatic carbocycles. The summed E-state index contributed by atoms with van der Waals surface area (Å²) in [7, 11) is 0. The van der Waals surface area contributed by atoms with Crippen molar-refractivity contribution in [2.45, 2.75) is 51.8 Å². The van der Waals surface area contributed by atoms with Gasteiger partial charge < -0.3 is 14.5 Å². The van der Waals surface area contributed by atoms with Crippen molar-refractivity contribution in [3.05, 3.63) is 65.2 Å². The monoisotopic (exact) mass is 474 g/mol. The molecule has 1 aliphatic carbocycles. The Morgan fingerprint density at radius 1 is 1.00 bits per heavy atom. The summed E-state index contributed by atoms with van der Waals surface area (Å²) in [6.45, 7) is 3.68. The lowest BCUT2D eigenvalue weighted by molar-refractivity contribution is -0.137. The van der Waals surface area contributed by atoms with Gasteiger partial charge in [0.1, 0.15) is 12.4 Å². The Labute approximate surface area is 197 Å². The predicted octanol–water partition coefficient (Wildman–Crippen LogP) is 5.82. The molecular formula is C26H29F3N2O3. The summed E-state index contributed by atoms with van der Waals surface area (Å²) in [6.07, 6.45) is 1.08. The third-order valence-electron chi connectivity index (χ3n) is 6.71. The normalized spacial score (nSPS) is 17.5. The van der Waals surface area contributed by atoms with Crippen LogP contribution in [0.2, 0.25) is 0 Å². The van der Waals surface area contributed by atoms with E-state index in [0.717, 1.165) is 43.6 Å². The molecule has 0 bridgehead atoms. The summed E-state index contributed by atoms with van der Waals surface area (Å²) in [6, 6.07) is 12.1. The molecule has 4 rings (SSSR count). The Bertz CT molecular complexity index is 1000. The number of halogens is 3. The minimum atomic E-state index is -4.36. The van der Waals surface area contributed by atoms with Crippen LogP contribution in [0.15, 0.2) is 53.7 Å². The van der Waals surface area contributed by atoms with Crippen LogP contribution in [-0.2, 0) is 22.4 Å². The number of piperidine rings is 1. The molecular weight excluding hydrogens is 445 g/mol. The highest BCUT2D eigenvalue weighted by molar-refractivity contribution is 6.00. The zero-order chi connectivity index (χ0) is 24.2. The Morgan fingerprint density at radius 2 is 1.65 bits per heavy atom. The second-order valence-electron chi connectivity index (χ2n) is 9.05. The molecule has 1 heterocycles. The van der Waals surface area contributed by atoms with Crippen molar-refractivity contribution >= 4 is 11.6 Å². The lowest BCUT2D eigenvalue weighted by Crippen LogP contribution is -2.41. The van der Waals surface area contributed by atoms with Crippen molar-refractivity contribution in [3.63, 3.8) is 0 Å². The summed E-state index contributed by atoms with van der Waals surface area (Å²) < 4.78 is 43.7. The SMILES string of the molecule is CC/C(=N\OCc1ccc(C(F)(F)F)cc1)c1ccc(OCC(=O)N2CCC3(CC2)CC3)cc1. The molecule has 1 saturated heterocycles. The molecule has 8 heteroatoms. The molecule has 0 radical (unpaired) electrons. The van der Waals surface area contributed by atoms with E-state index in [4.69, 9.17) is 9.57 Å². The average Bonchev–Trinajstić information content (AvgIpc) is 3.59. The van der Waals surface area contributed by atoms with Gasteiger partial charge in [0.25, 0.3) is 5.91 Å². The number of amides is 1. The van der Waals surface area contributed by atoms with Crippen molar-refractivity contribution in [1.82, 2.24) is 4.90 Å². The lowest BCUT2D eigenvalue weighted by atomic mass is 9.94. The predicted molar refractivity (Wildman–Crippen MR) is 122 cm³/mol. The number of oxime groups is 1. The second-order valence-corrected chi connectivity index (χ2v) is 9.05. The number of hydrogen-bond donors (Lipinski definition) is 0. The van der Waals surface area contributed by atoms with E-state index in [1.54, 1.807) is 12.1 Å². The van der Waals surface area contributed by atoms with Crippen LogP contribution in [0.4, 0.5) is 13.2 Å². The summed E-state index contributed by atoms with van der Waals surface area (Å²) in [4.78, 5) is 19.7. The molecule has 182 valence electrons. The number of ether oxygens (including phenoxy) is 1. The van der Waals surface area contributed by atoms with Crippen LogP contribution >= 0.6 is 0 Å². The maximum Gasteiger partial charge on any atom is 0.416 e. The third kappa shape index (κ3) is 6.10. The van der Waals surface area contributed by atoms with E-state index in [2.05, 4.69) is 5.16 Å². The van der Waals surface area contributed by atoms with Crippen LogP contribution in [0.3, 0.4) is 0 Å². The smallest absolute Gasteiger partial charge is 0.416 e. The highest BCUT2D eigenvalue weighted by atomic mass is 19.4. The van der Waals surface area contributed by atoms with E-state index < -0.39 is 11.7 Å². The fraction of sp³-hybridized carbons (Fsp3) is 0.462. The largest absolute Gasteiger partial charge is 0.484 e. The number of alkyl halides is 3. The molecule has 34 heavy (non-hydrogen) atoms. The molecule has 0 aromatic heterocycles. The fourth-order valence-corrected chi connectivity index (χ4v) is 4.18. The van der Waals surface area contributed by atoms with Crippen LogP contribution < -0.4 is 4.74 Å². The van der Waals surface area contributed by atoms with E-state index >= 15 is 0 Å². The molecule has 1 spiro atoms. The van der Waals surface area contributed by atoms with E-state index in [0.29, 0.717) is 28.9 Å². The molecule has 2 fully saturated rings. The molecule has 1 amide bonds. The summed E-state index contributed by atoms with van der Waals surface area (Å²) in [5, 5.41) is 4.15. The molecule has 2 aliphatic rings. The van der Waals surface area contributed by atoms with Crippen molar-refractivity contribution < 1.29 is 27.5 Å². The molecule has 1 aliphatic heterocycles. The first-order chi connectivity index (χ1) is 16.3. The van der Waals surface area contributed by atoms with Gasteiger partial charge >= 0.3 is 6.18 Å². The van der Waals surface area contributed by atoms with Crippen LogP contribution in [0.25, 0.3) is 0 Å². The maximum atomic E-state index is 12.7. The van der Waals surface area contributed by atoms with Crippen LogP contribution in [0, 0.1) is 5.41 Å². The van der Waals surface area contributed by atoms with Gasteiger partial charge in [0, 0.05) is 13.1 Å². The number of nitrogens with zero attached hydrogens (tertiary/aromatic N) is 2. The Kier molecular flexibility index (Phi) is 7.14. The van der Waals surface area contributed by atoms with Gasteiger partial charge in [-0.2, -0.15) is 13.2 Å². The first kappa shape index (κ1) is 24.1. The van der Waals surface area contributed by atoms with Crippen molar-refractivity contribution in [2.75, 3.05) is 19.7 Å². The molecule has 5 nitrogen and oxygen atoms in total. The summed E-state index contributed by atoms with van der Waals surface area (Å²) in [5.74, 6) is 0.626. The standard InChI is InChI=1S/C26H29F3N2O3/c1-2-23(30-34-17-19-3-7-21(8-4-19)26(27,28)29)20-5-9-22(10-6-20)33-18-24(32)31-15-13-25(11-12-25)14-16-31/h3-10H,2,11-18H2,1H3/b30-23+. The number of carbonyl (C=O) groups is 1. The van der Waals surface area contributed by atoms with Gasteiger partial charge in [-0.15, -0.1) is 0 Å². The fourth-order valence-electron chi connectivity index (χ4n) is 4.18. The first-order valence-corrected chi connectivity index (χ1v) is 11.6. The average molecular weight is 475 g/mol. The van der Waals surface area contributed by atoms with Crippen LogP contribution in [0.1, 0.15) is 55.7 Å². The van der Waals surface area contributed by atoms with Gasteiger partial charge in [-0.1, -0.05) is 24.2 Å². The highest BCUT2D eigenvalue weighted by Crippen LogP contribution is 2.53. The topological polar surface area (TPSA) is 51.1 Å². The molecule has 0 N–H and O–H groups in total. The first-order valence-electron chi connectivity index (χ1n) is 11.6. The maximum absolute atomic E-state index is 12.7. The van der Waals surface area contributed by atoms with Gasteiger partial charge in [0.2, 0.25) is 0 Å². The Hall–Kier alpha value is -3.03. The number of likely N-dealkylation sites (tertiary alicyclic amines) is 1. The van der Waals surface area contributed by atoms with Gasteiger partial charge in [0.15, 0.2) is 6.61 Å². The van der Waals surface area contributed by atoms with E-state index in [1.165, 1.54) is 25.0 Å². The van der Waals surface area contributed by atoms with Crippen LogP contribution in [-0.4, -0.2) is 36.2 Å². The minimum Gasteiger partial charge on any atom is -0.484 e. The van der Waals surface area contributed by atoms with Gasteiger partial charge in [-0.3, -0.25) is 4.79 Å². The number of hydrogen-bond acceptors (Lipinski definition) is 4. The number of rotatable bonds is 8. The Balaban J connectivity index is 1.25. The Morgan fingerprint density at radius 3 is 2.21 bits per heavy atom. The molecule has 0 unspecified atom stereocenters. The minimum absolute atomic E-state index is 0.0204. The van der Waals surface area contributed by atoms with Crippen molar-refractivity contribution in [3.8, 4) is 5.75 Å². The molecule has 2 aromatic rings. The van der Waals surface area contributed by atoms with Crippen LogP contribution in [0.5, 0.6) is 5.75 Å². The number of carbonyl (C=O) groups excluding carboxylic acids is 1. The zero-order valence-electron chi connectivity index (χ0n) is 19.2. The summed E-state index contributed by atoms with van der Waals surface area (Å²) >= 11 is 0. The van der Waals surface area contributed by atoms with Gasteiger partial charge in [0.05, 0.1) is 11.3 Å². The molecule has 0 atom stereocenters. The van der Waals surface area contributed by atoms with Gasteiger partial charge in [-0.25, -0.2) is 0 Å². The van der Waals surface area contributed by atoms with E-state index in [-0.39, 0.29) is 19.1 Å². The van der Waals surface area contributed by atoms with Crippen molar-refractivity contribution in [2.24, 2.45) is 10.6 Å². The molecule has 1 saturated carbocycles. The zero-order valence-corrected chi connectivity index (χ0v) is 19.2. The second kappa shape index (κ2) is 10.1. The van der Waals surface area contributed by atoms with Gasteiger partial charge in [-0.05, 0) is 85.0 Å². The van der Waals surface area contributed by atoms with Crippen molar-refractivity contribution in [1.29, 1.82) is 0 Å². The number of benzene rings is 2. The summed E-state index contributed by atoms with van der Waals surface area (Å²) in [5.41, 5.74) is 1.99. The lowest BCUT2D eigenvalue weighted by Gasteiger charge is -2.32. The van der Waals surface area contributed by atoms with E-state index in [9.17, 15) is 18.0 Å².